The highest BCUT2D eigenvalue weighted by Crippen LogP contribution is 2.38. The van der Waals surface area contributed by atoms with E-state index in [4.69, 9.17) is 9.05 Å². The number of carbonyl (C=O) groups excluding carboxylic acids is 1. The second-order valence-corrected chi connectivity index (χ2v) is 17.8. The SMILES string of the molecule is CCCCCC/C=C\C/C=C\CCCCCCCCCC(=O)NC(COP(=O)([O-])OCC[N+](C)(C)C)C(O)/C=C/CC/C=C/CC/C=C/CCCCCCCC. The summed E-state index contributed by atoms with van der Waals surface area (Å²) in [5.74, 6) is -0.222. The number of aliphatic hydroxyl groups is 1. The first-order valence-corrected chi connectivity index (χ1v) is 24.1. The summed E-state index contributed by atoms with van der Waals surface area (Å²) in [5.41, 5.74) is 0. The van der Waals surface area contributed by atoms with E-state index in [2.05, 4.69) is 67.8 Å². The van der Waals surface area contributed by atoms with Crippen LogP contribution in [0.15, 0.2) is 60.8 Å². The van der Waals surface area contributed by atoms with Crippen LogP contribution < -0.4 is 10.2 Å². The lowest BCUT2D eigenvalue weighted by atomic mass is 10.1. The standard InChI is InChI=1S/C47H87N2O6P/c1-6-8-10-12-14-16-18-20-22-24-25-27-29-31-33-35-37-39-41-47(51)48-45(44-55-56(52,53)54-43-42-49(3,4)5)46(50)40-38-36-34-32-30-28-26-23-21-19-17-15-13-11-9-7-2/h16,18,21-24,30,32,38,40,45-46,50H,6-15,17,19-20,25-29,31,33-37,39,41-44H2,1-5H3,(H-,48,51,52,53)/b18-16-,23-21+,24-22-,32-30+,40-38+. The van der Waals surface area contributed by atoms with Gasteiger partial charge in [-0.05, 0) is 77.0 Å². The molecular weight excluding hydrogens is 719 g/mol. The minimum atomic E-state index is -4.60. The quantitative estimate of drug-likeness (QED) is 0.0276. The smallest absolute Gasteiger partial charge is 0.268 e. The van der Waals surface area contributed by atoms with Gasteiger partial charge in [-0.15, -0.1) is 0 Å². The predicted molar refractivity (Wildman–Crippen MR) is 237 cm³/mol. The zero-order valence-corrected chi connectivity index (χ0v) is 37.7. The highest BCUT2D eigenvalue weighted by molar-refractivity contribution is 7.45. The zero-order valence-electron chi connectivity index (χ0n) is 36.8. The Hall–Kier alpha value is -1.80. The second-order valence-electron chi connectivity index (χ2n) is 16.4. The van der Waals surface area contributed by atoms with Gasteiger partial charge in [0.2, 0.25) is 5.91 Å². The molecule has 0 bridgehead atoms. The maximum Gasteiger partial charge on any atom is 0.268 e. The van der Waals surface area contributed by atoms with E-state index >= 15 is 0 Å². The molecule has 0 aliphatic heterocycles. The Morgan fingerprint density at radius 1 is 0.625 bits per heavy atom. The van der Waals surface area contributed by atoms with Crippen LogP contribution in [0.1, 0.15) is 181 Å². The Labute approximate surface area is 345 Å². The lowest BCUT2D eigenvalue weighted by Gasteiger charge is -2.29. The van der Waals surface area contributed by atoms with Crippen molar-refractivity contribution in [2.75, 3.05) is 40.9 Å². The van der Waals surface area contributed by atoms with Crippen molar-refractivity contribution in [3.05, 3.63) is 60.8 Å². The normalized spacial score (nSPS) is 14.9. The van der Waals surface area contributed by atoms with E-state index in [0.29, 0.717) is 17.4 Å². The number of likely N-dealkylation sites (N-methyl/N-ethyl adjacent to an activating group) is 1. The first-order valence-electron chi connectivity index (χ1n) is 22.7. The molecule has 1 amide bonds. The van der Waals surface area contributed by atoms with E-state index in [1.807, 2.05) is 27.2 Å². The molecule has 3 unspecified atom stereocenters. The van der Waals surface area contributed by atoms with Crippen molar-refractivity contribution in [3.8, 4) is 0 Å². The van der Waals surface area contributed by atoms with Gasteiger partial charge in [0.15, 0.2) is 0 Å². The Balaban J connectivity index is 4.51. The molecule has 56 heavy (non-hydrogen) atoms. The monoisotopic (exact) mass is 807 g/mol. The Bertz CT molecular complexity index is 1100. The molecule has 326 valence electrons. The van der Waals surface area contributed by atoms with Crippen molar-refractivity contribution in [2.24, 2.45) is 0 Å². The summed E-state index contributed by atoms with van der Waals surface area (Å²) in [6, 6.07) is -0.915. The van der Waals surface area contributed by atoms with Crippen LogP contribution in [0.25, 0.3) is 0 Å². The molecule has 0 aromatic heterocycles. The number of aliphatic hydroxyl groups excluding tert-OH is 1. The van der Waals surface area contributed by atoms with E-state index in [0.717, 1.165) is 64.2 Å². The van der Waals surface area contributed by atoms with Crippen LogP contribution in [0.2, 0.25) is 0 Å². The van der Waals surface area contributed by atoms with Gasteiger partial charge < -0.3 is 28.8 Å². The molecule has 2 N–H and O–H groups in total. The maximum absolute atomic E-state index is 12.9. The van der Waals surface area contributed by atoms with Crippen molar-refractivity contribution in [1.29, 1.82) is 0 Å². The van der Waals surface area contributed by atoms with Crippen LogP contribution in [-0.2, 0) is 18.4 Å². The highest BCUT2D eigenvalue weighted by atomic mass is 31.2. The molecule has 0 fully saturated rings. The molecule has 3 atom stereocenters. The van der Waals surface area contributed by atoms with Gasteiger partial charge in [0.1, 0.15) is 13.2 Å². The number of amides is 1. The average molecular weight is 807 g/mol. The first-order chi connectivity index (χ1) is 27.0. The van der Waals surface area contributed by atoms with E-state index < -0.39 is 26.6 Å². The highest BCUT2D eigenvalue weighted by Gasteiger charge is 2.23. The van der Waals surface area contributed by atoms with Gasteiger partial charge in [-0.1, -0.05) is 158 Å². The number of carbonyl (C=O) groups is 1. The molecular formula is C47H87N2O6P. The van der Waals surface area contributed by atoms with Crippen LogP contribution in [0, 0.1) is 0 Å². The molecule has 9 heteroatoms. The van der Waals surface area contributed by atoms with Gasteiger partial charge >= 0.3 is 0 Å². The molecule has 0 aromatic rings. The molecule has 0 saturated heterocycles. The van der Waals surface area contributed by atoms with E-state index in [1.54, 1.807) is 6.08 Å². The Morgan fingerprint density at radius 2 is 1.05 bits per heavy atom. The van der Waals surface area contributed by atoms with Gasteiger partial charge in [0.05, 0.1) is 39.9 Å². The third-order valence-corrected chi connectivity index (χ3v) is 10.6. The lowest BCUT2D eigenvalue weighted by Crippen LogP contribution is -2.45. The van der Waals surface area contributed by atoms with E-state index in [1.165, 1.54) is 96.3 Å². The van der Waals surface area contributed by atoms with Crippen LogP contribution in [0.5, 0.6) is 0 Å². The Morgan fingerprint density at radius 3 is 1.57 bits per heavy atom. The molecule has 0 rings (SSSR count). The molecule has 0 heterocycles. The fraction of sp³-hybridized carbons (Fsp3) is 0.766. The van der Waals surface area contributed by atoms with Crippen molar-refractivity contribution >= 4 is 13.7 Å². The number of rotatable bonds is 40. The molecule has 0 spiro atoms. The fourth-order valence-corrected chi connectivity index (χ4v) is 6.76. The van der Waals surface area contributed by atoms with Crippen molar-refractivity contribution in [3.63, 3.8) is 0 Å². The van der Waals surface area contributed by atoms with Crippen LogP contribution in [0.4, 0.5) is 0 Å². The maximum atomic E-state index is 12.9. The molecule has 0 aliphatic carbocycles. The minimum absolute atomic E-state index is 0.0129. The summed E-state index contributed by atoms with van der Waals surface area (Å²) < 4.78 is 23.2. The van der Waals surface area contributed by atoms with Crippen LogP contribution >= 0.6 is 7.82 Å². The number of quaternary nitrogens is 1. The second kappa shape index (κ2) is 38.7. The van der Waals surface area contributed by atoms with Crippen molar-refractivity contribution < 1.29 is 32.9 Å². The predicted octanol–water partition coefficient (Wildman–Crippen LogP) is 12.0. The van der Waals surface area contributed by atoms with Crippen molar-refractivity contribution in [1.82, 2.24) is 5.32 Å². The van der Waals surface area contributed by atoms with Gasteiger partial charge in [0, 0.05) is 6.42 Å². The summed E-state index contributed by atoms with van der Waals surface area (Å²) >= 11 is 0. The van der Waals surface area contributed by atoms with Crippen LogP contribution in [-0.4, -0.2) is 68.5 Å². The largest absolute Gasteiger partial charge is 0.756 e. The summed E-state index contributed by atoms with van der Waals surface area (Å²) in [7, 11) is 1.22. The summed E-state index contributed by atoms with van der Waals surface area (Å²) in [6.45, 7) is 4.57. The summed E-state index contributed by atoms with van der Waals surface area (Å²) in [6.07, 6.45) is 49.8. The van der Waals surface area contributed by atoms with Crippen LogP contribution in [0.3, 0.4) is 0 Å². The number of phosphoric ester groups is 1. The summed E-state index contributed by atoms with van der Waals surface area (Å²) in [4.78, 5) is 25.3. The molecule has 0 aliphatic rings. The van der Waals surface area contributed by atoms with E-state index in [-0.39, 0.29) is 12.5 Å². The topological polar surface area (TPSA) is 108 Å². The molecule has 0 aromatic carbocycles. The lowest BCUT2D eigenvalue weighted by molar-refractivity contribution is -0.870. The number of hydrogen-bond acceptors (Lipinski definition) is 6. The number of nitrogens with zero attached hydrogens (tertiary/aromatic N) is 1. The fourth-order valence-electron chi connectivity index (χ4n) is 6.04. The van der Waals surface area contributed by atoms with Gasteiger partial charge in [-0.25, -0.2) is 0 Å². The summed E-state index contributed by atoms with van der Waals surface area (Å²) in [5, 5.41) is 13.7. The number of hydrogen-bond donors (Lipinski definition) is 2. The first kappa shape index (κ1) is 54.2. The minimum Gasteiger partial charge on any atom is -0.756 e. The van der Waals surface area contributed by atoms with Gasteiger partial charge in [-0.3, -0.25) is 9.36 Å². The molecule has 0 saturated carbocycles. The average Bonchev–Trinajstić information content (AvgIpc) is 3.15. The third kappa shape index (κ3) is 40.4. The molecule has 8 nitrogen and oxygen atoms in total. The van der Waals surface area contributed by atoms with E-state index in [9.17, 15) is 19.4 Å². The number of allylic oxidation sites excluding steroid dienone is 9. The van der Waals surface area contributed by atoms with Crippen molar-refractivity contribution in [2.45, 2.75) is 193 Å². The van der Waals surface area contributed by atoms with Gasteiger partial charge in [-0.2, -0.15) is 0 Å². The number of nitrogens with one attached hydrogen (secondary N) is 1. The number of phosphoric acid groups is 1. The molecule has 0 radical (unpaired) electrons. The van der Waals surface area contributed by atoms with Gasteiger partial charge in [0.25, 0.3) is 7.82 Å². The Kier molecular flexibility index (Phi) is 37.5. The number of unbranched alkanes of at least 4 members (excludes halogenated alkanes) is 19. The third-order valence-electron chi connectivity index (χ3n) is 9.68. The zero-order chi connectivity index (χ0) is 41.4.